The fraction of sp³-hybridized carbons (Fsp3) is 0.222. The van der Waals surface area contributed by atoms with Crippen LogP contribution in [0.15, 0.2) is 23.1 Å². The van der Waals surface area contributed by atoms with Gasteiger partial charge in [-0.05, 0) is 25.1 Å². The summed E-state index contributed by atoms with van der Waals surface area (Å²) in [4.78, 5) is 10.4. The fourth-order valence-corrected chi connectivity index (χ4v) is 1.61. The zero-order valence-electron chi connectivity index (χ0n) is 6.96. The van der Waals surface area contributed by atoms with E-state index in [4.69, 9.17) is 0 Å². The van der Waals surface area contributed by atoms with Crippen molar-refractivity contribution in [2.45, 2.75) is 17.1 Å². The molecule has 1 aromatic carbocycles. The molecule has 0 fully saturated rings. The predicted octanol–water partition coefficient (Wildman–Crippen LogP) is 2.64. The first-order valence-electron chi connectivity index (χ1n) is 3.70. The predicted molar refractivity (Wildman–Crippen MR) is 47.7 cm³/mol. The highest BCUT2D eigenvalue weighted by Crippen LogP contribution is 2.25. The molecule has 0 aliphatic heterocycles. The summed E-state index contributed by atoms with van der Waals surface area (Å²) < 4.78 is 25.6. The number of carbonyl (C=O) groups is 1. The lowest BCUT2D eigenvalue weighted by Crippen LogP contribution is -1.97. The molecule has 0 heterocycles. The fourth-order valence-electron chi connectivity index (χ4n) is 0.796. The molecular weight excluding hydrogens is 194 g/mol. The molecule has 70 valence electrons. The van der Waals surface area contributed by atoms with Crippen molar-refractivity contribution in [3.8, 4) is 0 Å². The van der Waals surface area contributed by atoms with Crippen LogP contribution in [0.3, 0.4) is 0 Å². The molecule has 13 heavy (non-hydrogen) atoms. The van der Waals surface area contributed by atoms with Crippen LogP contribution >= 0.6 is 11.8 Å². The normalized spacial score (nSPS) is 12.5. The number of hydrogen-bond donors (Lipinski definition) is 0. The van der Waals surface area contributed by atoms with E-state index in [-0.39, 0.29) is 10.1 Å². The van der Waals surface area contributed by atoms with Crippen molar-refractivity contribution in [2.24, 2.45) is 0 Å². The van der Waals surface area contributed by atoms with Gasteiger partial charge in [-0.3, -0.25) is 0 Å². The molecule has 1 nitrogen and oxygen atoms in total. The van der Waals surface area contributed by atoms with E-state index in [2.05, 4.69) is 0 Å². The first-order valence-corrected chi connectivity index (χ1v) is 4.58. The minimum Gasteiger partial charge on any atom is -0.302 e. The van der Waals surface area contributed by atoms with E-state index in [0.29, 0.717) is 6.29 Å². The Morgan fingerprint density at radius 3 is 2.77 bits per heavy atom. The molecule has 0 amide bonds. The molecule has 0 aromatic heterocycles. The summed E-state index contributed by atoms with van der Waals surface area (Å²) in [6.07, 6.45) is 0.689. The lowest BCUT2D eigenvalue weighted by Gasteiger charge is -2.04. The Morgan fingerprint density at radius 2 is 2.15 bits per heavy atom. The third-order valence-corrected chi connectivity index (χ3v) is 2.45. The summed E-state index contributed by atoms with van der Waals surface area (Å²) in [5, 5.41) is -0.365. The maximum atomic E-state index is 13.0. The highest BCUT2D eigenvalue weighted by atomic mass is 32.2. The average Bonchev–Trinajstić information content (AvgIpc) is 2.11. The molecule has 1 aromatic rings. The van der Waals surface area contributed by atoms with Crippen LogP contribution in [0.2, 0.25) is 0 Å². The highest BCUT2D eigenvalue weighted by Gasteiger charge is 2.08. The molecule has 0 radical (unpaired) electrons. The van der Waals surface area contributed by atoms with Gasteiger partial charge in [0.05, 0.1) is 5.25 Å². The molecule has 0 aliphatic carbocycles. The summed E-state index contributed by atoms with van der Waals surface area (Å²) in [5.74, 6) is -0.998. The highest BCUT2D eigenvalue weighted by molar-refractivity contribution is 8.00. The number of aldehydes is 1. The van der Waals surface area contributed by atoms with Crippen molar-refractivity contribution in [3.63, 3.8) is 0 Å². The third-order valence-electron chi connectivity index (χ3n) is 1.40. The molecule has 0 N–H and O–H groups in total. The van der Waals surface area contributed by atoms with Gasteiger partial charge in [0.15, 0.2) is 0 Å². The van der Waals surface area contributed by atoms with Gasteiger partial charge in [0, 0.05) is 4.90 Å². The Balaban J connectivity index is 2.86. The van der Waals surface area contributed by atoms with E-state index in [0.717, 1.165) is 30.0 Å². The first-order chi connectivity index (χ1) is 6.13. The van der Waals surface area contributed by atoms with Crippen LogP contribution in [0.5, 0.6) is 0 Å². The minimum absolute atomic E-state index is 0.166. The van der Waals surface area contributed by atoms with Crippen molar-refractivity contribution in [1.82, 2.24) is 0 Å². The second-order valence-electron chi connectivity index (χ2n) is 2.53. The average molecular weight is 202 g/mol. The van der Waals surface area contributed by atoms with Gasteiger partial charge in [-0.2, -0.15) is 0 Å². The molecule has 1 atom stereocenters. The van der Waals surface area contributed by atoms with Gasteiger partial charge in [-0.15, -0.1) is 11.8 Å². The topological polar surface area (TPSA) is 17.1 Å². The van der Waals surface area contributed by atoms with E-state index in [1.807, 2.05) is 0 Å². The Labute approximate surface area is 79.1 Å². The van der Waals surface area contributed by atoms with Crippen LogP contribution in [0.4, 0.5) is 8.78 Å². The maximum Gasteiger partial charge on any atom is 0.136 e. The standard InChI is InChI=1S/C9H8F2OS/c1-6(5-12)13-9-4-7(10)2-3-8(9)11/h2-6H,1H3. The number of thioether (sulfide) groups is 1. The van der Waals surface area contributed by atoms with E-state index in [1.54, 1.807) is 6.92 Å². The van der Waals surface area contributed by atoms with Gasteiger partial charge in [-0.25, -0.2) is 8.78 Å². The molecule has 1 rings (SSSR count). The van der Waals surface area contributed by atoms with Crippen LogP contribution in [0.25, 0.3) is 0 Å². The van der Waals surface area contributed by atoms with E-state index in [1.165, 1.54) is 0 Å². The Morgan fingerprint density at radius 1 is 1.46 bits per heavy atom. The van der Waals surface area contributed by atoms with E-state index < -0.39 is 11.6 Å². The molecule has 0 saturated heterocycles. The van der Waals surface area contributed by atoms with Crippen LogP contribution in [-0.4, -0.2) is 11.5 Å². The van der Waals surface area contributed by atoms with Crippen molar-refractivity contribution in [1.29, 1.82) is 0 Å². The van der Waals surface area contributed by atoms with E-state index in [9.17, 15) is 13.6 Å². The molecule has 0 spiro atoms. The van der Waals surface area contributed by atoms with Crippen LogP contribution < -0.4 is 0 Å². The Kier molecular flexibility index (Phi) is 3.42. The Hall–Kier alpha value is -0.900. The van der Waals surface area contributed by atoms with Crippen molar-refractivity contribution in [3.05, 3.63) is 29.8 Å². The van der Waals surface area contributed by atoms with Gasteiger partial charge >= 0.3 is 0 Å². The van der Waals surface area contributed by atoms with Gasteiger partial charge in [0.2, 0.25) is 0 Å². The monoisotopic (exact) mass is 202 g/mol. The van der Waals surface area contributed by atoms with E-state index >= 15 is 0 Å². The zero-order chi connectivity index (χ0) is 9.84. The summed E-state index contributed by atoms with van der Waals surface area (Å²) >= 11 is 1.00. The lowest BCUT2D eigenvalue weighted by molar-refractivity contribution is -0.107. The second kappa shape index (κ2) is 4.37. The van der Waals surface area contributed by atoms with Crippen LogP contribution in [-0.2, 0) is 4.79 Å². The smallest absolute Gasteiger partial charge is 0.136 e. The maximum absolute atomic E-state index is 13.0. The van der Waals surface area contributed by atoms with Crippen molar-refractivity contribution < 1.29 is 13.6 Å². The molecule has 0 aliphatic rings. The summed E-state index contributed by atoms with van der Waals surface area (Å²) in [7, 11) is 0. The molecule has 0 bridgehead atoms. The van der Waals surface area contributed by atoms with Gasteiger partial charge < -0.3 is 4.79 Å². The quantitative estimate of drug-likeness (QED) is 0.553. The molecule has 1 unspecified atom stereocenters. The first kappa shape index (κ1) is 10.2. The third kappa shape index (κ3) is 2.81. The number of rotatable bonds is 3. The number of hydrogen-bond acceptors (Lipinski definition) is 2. The SMILES string of the molecule is CC(C=O)Sc1cc(F)ccc1F. The summed E-state index contributed by atoms with van der Waals surface area (Å²) in [5.41, 5.74) is 0. The number of halogens is 2. The molecular formula is C9H8F2OS. The number of benzene rings is 1. The van der Waals surface area contributed by atoms with Gasteiger partial charge in [0.25, 0.3) is 0 Å². The number of carbonyl (C=O) groups excluding carboxylic acids is 1. The summed E-state index contributed by atoms with van der Waals surface area (Å²) in [6.45, 7) is 1.63. The lowest BCUT2D eigenvalue weighted by atomic mass is 10.3. The van der Waals surface area contributed by atoms with Crippen molar-refractivity contribution >= 4 is 18.0 Å². The van der Waals surface area contributed by atoms with Crippen molar-refractivity contribution in [2.75, 3.05) is 0 Å². The van der Waals surface area contributed by atoms with Crippen LogP contribution in [0, 0.1) is 11.6 Å². The zero-order valence-corrected chi connectivity index (χ0v) is 7.78. The van der Waals surface area contributed by atoms with Gasteiger partial charge in [-0.1, -0.05) is 0 Å². The minimum atomic E-state index is -0.500. The Bertz CT molecular complexity index is 314. The second-order valence-corrected chi connectivity index (χ2v) is 3.95. The van der Waals surface area contributed by atoms with Gasteiger partial charge in [0.1, 0.15) is 17.9 Å². The molecule has 4 heteroatoms. The molecule has 0 saturated carbocycles. The summed E-state index contributed by atoms with van der Waals surface area (Å²) in [6, 6.07) is 3.18. The largest absolute Gasteiger partial charge is 0.302 e. The van der Waals surface area contributed by atoms with Crippen LogP contribution in [0.1, 0.15) is 6.92 Å².